The van der Waals surface area contributed by atoms with E-state index in [9.17, 15) is 0 Å². The van der Waals surface area contributed by atoms with E-state index >= 15 is 0 Å². The molecule has 0 saturated heterocycles. The minimum atomic E-state index is -0.0679. The normalized spacial score (nSPS) is 11.6. The smallest absolute Gasteiger partial charge is 0.217 e. The Morgan fingerprint density at radius 3 is 2.89 bits per heavy atom. The zero-order valence-electron chi connectivity index (χ0n) is 10.0. The van der Waals surface area contributed by atoms with Gasteiger partial charge in [0.1, 0.15) is 11.4 Å². The second kappa shape index (κ2) is 4.74. The quantitative estimate of drug-likeness (QED) is 0.365. The van der Waals surface area contributed by atoms with Crippen molar-refractivity contribution in [3.05, 3.63) is 35.8 Å². The van der Waals surface area contributed by atoms with E-state index < -0.39 is 0 Å². The van der Waals surface area contributed by atoms with Crippen LogP contribution in [0.1, 0.15) is 11.4 Å². The first kappa shape index (κ1) is 11.9. The Morgan fingerprint density at radius 1 is 1.50 bits per heavy atom. The van der Waals surface area contributed by atoms with Crippen LogP contribution in [-0.4, -0.2) is 25.8 Å². The van der Waals surface area contributed by atoms with Crippen LogP contribution >= 0.6 is 0 Å². The number of amidine groups is 1. The maximum absolute atomic E-state index is 8.58. The minimum absolute atomic E-state index is 0.0679. The van der Waals surface area contributed by atoms with Crippen LogP contribution in [0.5, 0.6) is 11.6 Å². The highest BCUT2D eigenvalue weighted by atomic mass is 16.5. The topological polar surface area (TPSA) is 98.5 Å². The van der Waals surface area contributed by atoms with E-state index in [1.54, 1.807) is 23.9 Å². The van der Waals surface area contributed by atoms with Gasteiger partial charge in [0, 0.05) is 25.4 Å². The second-order valence-electron chi connectivity index (χ2n) is 3.71. The Kier molecular flexibility index (Phi) is 3.13. The van der Waals surface area contributed by atoms with E-state index in [2.05, 4.69) is 15.2 Å². The van der Waals surface area contributed by atoms with Gasteiger partial charge in [-0.15, -0.1) is 0 Å². The summed E-state index contributed by atoms with van der Waals surface area (Å²) in [5.74, 6) is 1.07. The molecule has 0 aromatic carbocycles. The predicted molar refractivity (Wildman–Crippen MR) is 64.8 cm³/mol. The lowest BCUT2D eigenvalue weighted by molar-refractivity contribution is 0.318. The summed E-state index contributed by atoms with van der Waals surface area (Å²) in [5.41, 5.74) is 6.66. The van der Waals surface area contributed by atoms with Gasteiger partial charge in [-0.2, -0.15) is 5.10 Å². The molecule has 7 heteroatoms. The summed E-state index contributed by atoms with van der Waals surface area (Å²) in [6.07, 6.45) is 1.52. The molecule has 0 aliphatic heterocycles. The van der Waals surface area contributed by atoms with Crippen molar-refractivity contribution in [2.45, 2.75) is 6.92 Å². The van der Waals surface area contributed by atoms with Crippen LogP contribution in [0.2, 0.25) is 0 Å². The molecular weight excluding hydrogens is 234 g/mol. The summed E-state index contributed by atoms with van der Waals surface area (Å²) in [4.78, 5) is 3.96. The lowest BCUT2D eigenvalue weighted by Crippen LogP contribution is -2.14. The van der Waals surface area contributed by atoms with Gasteiger partial charge in [0.25, 0.3) is 0 Å². The van der Waals surface area contributed by atoms with Gasteiger partial charge >= 0.3 is 0 Å². The highest BCUT2D eigenvalue weighted by Crippen LogP contribution is 2.21. The number of rotatable bonds is 3. The minimum Gasteiger partial charge on any atom is -0.439 e. The molecule has 0 bridgehead atoms. The molecule has 0 amide bonds. The van der Waals surface area contributed by atoms with Gasteiger partial charge in [-0.05, 0) is 13.0 Å². The Hall–Kier alpha value is -2.57. The molecule has 0 aliphatic carbocycles. The molecule has 0 spiro atoms. The zero-order chi connectivity index (χ0) is 13.1. The molecule has 0 radical (unpaired) electrons. The second-order valence-corrected chi connectivity index (χ2v) is 3.71. The van der Waals surface area contributed by atoms with Gasteiger partial charge in [0.05, 0.1) is 5.69 Å². The molecule has 94 valence electrons. The number of hydrogen-bond acceptors (Lipinski definition) is 5. The van der Waals surface area contributed by atoms with E-state index in [4.69, 9.17) is 15.7 Å². The van der Waals surface area contributed by atoms with Crippen LogP contribution in [-0.2, 0) is 7.05 Å². The zero-order valence-corrected chi connectivity index (χ0v) is 10.0. The molecule has 7 nitrogen and oxygen atoms in total. The summed E-state index contributed by atoms with van der Waals surface area (Å²) in [6, 6.07) is 5.07. The average Bonchev–Trinajstić information content (AvgIpc) is 2.67. The maximum atomic E-state index is 8.58. The SMILES string of the molecule is Cc1cc(Oc2ccnc(/C(N)=N/O)c2)n(C)n1. The summed E-state index contributed by atoms with van der Waals surface area (Å²) >= 11 is 0. The molecule has 3 N–H and O–H groups in total. The van der Waals surface area contributed by atoms with Gasteiger partial charge < -0.3 is 15.7 Å². The molecule has 18 heavy (non-hydrogen) atoms. The standard InChI is InChI=1S/C11H13N5O2/c1-7-5-10(16(2)14-7)18-8-3-4-13-9(6-8)11(12)15-17/h3-6,17H,1-2H3,(H2,12,15). The lowest BCUT2D eigenvalue weighted by Gasteiger charge is -2.06. The first-order valence-corrected chi connectivity index (χ1v) is 5.22. The highest BCUT2D eigenvalue weighted by Gasteiger charge is 2.07. The fourth-order valence-corrected chi connectivity index (χ4v) is 1.47. The maximum Gasteiger partial charge on any atom is 0.217 e. The largest absolute Gasteiger partial charge is 0.439 e. The van der Waals surface area contributed by atoms with Crippen LogP contribution in [0, 0.1) is 6.92 Å². The van der Waals surface area contributed by atoms with E-state index in [0.29, 0.717) is 17.3 Å². The fourth-order valence-electron chi connectivity index (χ4n) is 1.47. The number of hydrogen-bond donors (Lipinski definition) is 2. The summed E-state index contributed by atoms with van der Waals surface area (Å²) in [7, 11) is 1.79. The molecule has 0 aliphatic rings. The Morgan fingerprint density at radius 2 is 2.28 bits per heavy atom. The third kappa shape index (κ3) is 2.40. The Balaban J connectivity index is 2.27. The van der Waals surface area contributed by atoms with Crippen molar-refractivity contribution in [3.8, 4) is 11.6 Å². The van der Waals surface area contributed by atoms with E-state index in [-0.39, 0.29) is 5.84 Å². The summed E-state index contributed by atoms with van der Waals surface area (Å²) in [6.45, 7) is 1.88. The van der Waals surface area contributed by atoms with E-state index in [1.807, 2.05) is 13.0 Å². The molecule has 2 heterocycles. The number of oxime groups is 1. The third-order valence-electron chi connectivity index (χ3n) is 2.28. The number of pyridine rings is 1. The lowest BCUT2D eigenvalue weighted by atomic mass is 10.3. The molecular formula is C11H13N5O2. The van der Waals surface area contributed by atoms with Crippen molar-refractivity contribution < 1.29 is 9.94 Å². The Labute approximate surface area is 104 Å². The average molecular weight is 247 g/mol. The van der Waals surface area contributed by atoms with E-state index in [1.165, 1.54) is 6.20 Å². The van der Waals surface area contributed by atoms with Gasteiger partial charge in [-0.25, -0.2) is 4.68 Å². The highest BCUT2D eigenvalue weighted by molar-refractivity contribution is 5.95. The molecule has 2 aromatic heterocycles. The number of ether oxygens (including phenoxy) is 1. The first-order chi connectivity index (χ1) is 8.60. The van der Waals surface area contributed by atoms with Crippen LogP contribution in [0.25, 0.3) is 0 Å². The van der Waals surface area contributed by atoms with E-state index in [0.717, 1.165) is 5.69 Å². The van der Waals surface area contributed by atoms with Crippen molar-refractivity contribution in [2.75, 3.05) is 0 Å². The fraction of sp³-hybridized carbons (Fsp3) is 0.182. The molecule has 0 saturated carbocycles. The van der Waals surface area contributed by atoms with Crippen LogP contribution < -0.4 is 10.5 Å². The number of aryl methyl sites for hydroxylation is 2. The van der Waals surface area contributed by atoms with Crippen LogP contribution in [0.4, 0.5) is 0 Å². The number of aromatic nitrogens is 3. The third-order valence-corrected chi connectivity index (χ3v) is 2.28. The molecule has 0 fully saturated rings. The van der Waals surface area contributed by atoms with Crippen LogP contribution in [0.15, 0.2) is 29.6 Å². The molecule has 2 aromatic rings. The number of nitrogens with two attached hydrogens (primary N) is 1. The monoisotopic (exact) mass is 247 g/mol. The molecule has 0 unspecified atom stereocenters. The van der Waals surface area contributed by atoms with Gasteiger partial charge in [-0.3, -0.25) is 4.98 Å². The first-order valence-electron chi connectivity index (χ1n) is 5.22. The molecule has 2 rings (SSSR count). The van der Waals surface area contributed by atoms with Gasteiger partial charge in [-0.1, -0.05) is 5.16 Å². The van der Waals surface area contributed by atoms with Crippen molar-refractivity contribution >= 4 is 5.84 Å². The van der Waals surface area contributed by atoms with Crippen LogP contribution in [0.3, 0.4) is 0 Å². The predicted octanol–water partition coefficient (Wildman–Crippen LogP) is 1.01. The van der Waals surface area contributed by atoms with Crippen molar-refractivity contribution in [1.82, 2.24) is 14.8 Å². The van der Waals surface area contributed by atoms with Gasteiger partial charge in [0.2, 0.25) is 5.88 Å². The van der Waals surface area contributed by atoms with Gasteiger partial charge in [0.15, 0.2) is 5.84 Å². The molecule has 0 atom stereocenters. The Bertz CT molecular complexity index is 591. The van der Waals surface area contributed by atoms with Crippen molar-refractivity contribution in [2.24, 2.45) is 17.9 Å². The summed E-state index contributed by atoms with van der Waals surface area (Å²) in [5, 5.41) is 15.6. The number of nitrogens with zero attached hydrogens (tertiary/aromatic N) is 4. The van der Waals surface area contributed by atoms with Crippen molar-refractivity contribution in [1.29, 1.82) is 0 Å². The van der Waals surface area contributed by atoms with Crippen molar-refractivity contribution in [3.63, 3.8) is 0 Å². The summed E-state index contributed by atoms with van der Waals surface area (Å²) < 4.78 is 7.26.